The molecule has 0 radical (unpaired) electrons. The summed E-state index contributed by atoms with van der Waals surface area (Å²) in [4.78, 5) is 11.5. The molecular weight excluding hydrogens is 335 g/mol. The van der Waals surface area contributed by atoms with Gasteiger partial charge in [0.25, 0.3) is 0 Å². The number of amides is 1. The van der Waals surface area contributed by atoms with E-state index in [9.17, 15) is 9.18 Å². The second-order valence-electron chi connectivity index (χ2n) is 4.17. The zero-order valence-corrected chi connectivity index (χ0v) is 13.2. The fourth-order valence-electron chi connectivity index (χ4n) is 1.63. The minimum Gasteiger partial charge on any atom is -0.354 e. The third-order valence-electron chi connectivity index (χ3n) is 2.64. The quantitative estimate of drug-likeness (QED) is 0.826. The van der Waals surface area contributed by atoms with E-state index < -0.39 is 6.04 Å². The first-order chi connectivity index (χ1) is 8.54. The fourth-order valence-corrected chi connectivity index (χ4v) is 2.04. The van der Waals surface area contributed by atoms with E-state index in [-0.39, 0.29) is 24.1 Å². The maximum Gasteiger partial charge on any atom is 0.236 e. The van der Waals surface area contributed by atoms with Crippen molar-refractivity contribution in [3.8, 4) is 0 Å². The van der Waals surface area contributed by atoms with Gasteiger partial charge in [-0.15, -0.1) is 12.4 Å². The Morgan fingerprint density at radius 2 is 2.21 bits per heavy atom. The average Bonchev–Trinajstić information content (AvgIpc) is 2.33. The minimum absolute atomic E-state index is 0. The van der Waals surface area contributed by atoms with Crippen molar-refractivity contribution in [2.75, 3.05) is 6.54 Å². The number of nitrogens with one attached hydrogen (secondary N) is 1. The van der Waals surface area contributed by atoms with E-state index in [4.69, 9.17) is 5.73 Å². The van der Waals surface area contributed by atoms with E-state index in [0.717, 1.165) is 10.9 Å². The highest BCUT2D eigenvalue weighted by molar-refractivity contribution is 9.10. The van der Waals surface area contributed by atoms with Crippen molar-refractivity contribution < 1.29 is 9.18 Å². The molecule has 3 nitrogen and oxygen atoms in total. The van der Waals surface area contributed by atoms with Gasteiger partial charge in [0.15, 0.2) is 0 Å². The third-order valence-corrected chi connectivity index (χ3v) is 3.13. The molecule has 0 spiro atoms. The van der Waals surface area contributed by atoms with E-state index in [1.165, 1.54) is 6.07 Å². The highest BCUT2D eigenvalue weighted by atomic mass is 79.9. The van der Waals surface area contributed by atoms with Crippen LogP contribution < -0.4 is 11.1 Å². The molecule has 3 N–H and O–H groups in total. The molecule has 1 atom stereocenters. The molecule has 0 saturated carbocycles. The van der Waals surface area contributed by atoms with E-state index in [0.29, 0.717) is 24.9 Å². The average molecular weight is 354 g/mol. The number of hydrogen-bond acceptors (Lipinski definition) is 2. The summed E-state index contributed by atoms with van der Waals surface area (Å²) >= 11 is 3.29. The topological polar surface area (TPSA) is 55.1 Å². The maximum atomic E-state index is 13.4. The van der Waals surface area contributed by atoms with Crippen molar-refractivity contribution >= 4 is 34.2 Å². The molecule has 1 aromatic carbocycles. The van der Waals surface area contributed by atoms with Crippen molar-refractivity contribution in [3.63, 3.8) is 0 Å². The molecule has 1 amide bonds. The lowest BCUT2D eigenvalue weighted by Crippen LogP contribution is -2.41. The van der Waals surface area contributed by atoms with Gasteiger partial charge >= 0.3 is 0 Å². The second kappa shape index (κ2) is 9.28. The molecule has 1 aromatic rings. The molecular formula is C13H19BrClFN2O. The van der Waals surface area contributed by atoms with Crippen LogP contribution >= 0.6 is 28.3 Å². The van der Waals surface area contributed by atoms with Gasteiger partial charge in [-0.1, -0.05) is 29.3 Å². The Bertz CT molecular complexity index is 418. The lowest BCUT2D eigenvalue weighted by Gasteiger charge is -2.11. The molecule has 1 rings (SSSR count). The summed E-state index contributed by atoms with van der Waals surface area (Å²) in [6.07, 6.45) is 1.99. The maximum absolute atomic E-state index is 13.4. The SMILES string of the molecule is CCCC(N)C(=O)NCCc1cc(Br)ccc1F.Cl. The van der Waals surface area contributed by atoms with Crippen LogP contribution in [0.4, 0.5) is 4.39 Å². The molecule has 19 heavy (non-hydrogen) atoms. The highest BCUT2D eigenvalue weighted by Crippen LogP contribution is 2.15. The number of hydrogen-bond donors (Lipinski definition) is 2. The first-order valence-electron chi connectivity index (χ1n) is 6.01. The number of rotatable bonds is 6. The van der Waals surface area contributed by atoms with Gasteiger partial charge in [-0.25, -0.2) is 4.39 Å². The zero-order chi connectivity index (χ0) is 13.5. The summed E-state index contributed by atoms with van der Waals surface area (Å²) in [5.74, 6) is -0.433. The Balaban J connectivity index is 0.00000324. The van der Waals surface area contributed by atoms with Crippen LogP contribution in [0.3, 0.4) is 0 Å². The van der Waals surface area contributed by atoms with Gasteiger partial charge < -0.3 is 11.1 Å². The largest absolute Gasteiger partial charge is 0.354 e. The molecule has 0 aliphatic carbocycles. The van der Waals surface area contributed by atoms with Gasteiger partial charge in [0, 0.05) is 11.0 Å². The van der Waals surface area contributed by atoms with Crippen LogP contribution in [0, 0.1) is 5.82 Å². The lowest BCUT2D eigenvalue weighted by molar-refractivity contribution is -0.122. The molecule has 6 heteroatoms. The van der Waals surface area contributed by atoms with Crippen LogP contribution in [0.2, 0.25) is 0 Å². The summed E-state index contributed by atoms with van der Waals surface area (Å²) < 4.78 is 14.2. The van der Waals surface area contributed by atoms with E-state index in [1.54, 1.807) is 12.1 Å². The summed E-state index contributed by atoms with van der Waals surface area (Å²) in [5, 5.41) is 2.72. The molecule has 0 bridgehead atoms. The van der Waals surface area contributed by atoms with Crippen LogP contribution in [0.1, 0.15) is 25.3 Å². The second-order valence-corrected chi connectivity index (χ2v) is 5.09. The van der Waals surface area contributed by atoms with Crippen LogP contribution in [-0.4, -0.2) is 18.5 Å². The molecule has 0 saturated heterocycles. The Labute approximate surface area is 127 Å². The normalized spacial score (nSPS) is 11.6. The summed E-state index contributed by atoms with van der Waals surface area (Å²) in [6.45, 7) is 2.37. The smallest absolute Gasteiger partial charge is 0.236 e. The van der Waals surface area contributed by atoms with Crippen molar-refractivity contribution in [2.45, 2.75) is 32.2 Å². The molecule has 0 aliphatic rings. The van der Waals surface area contributed by atoms with Crippen molar-refractivity contribution in [1.82, 2.24) is 5.32 Å². The number of halogens is 3. The molecule has 1 unspecified atom stereocenters. The summed E-state index contributed by atoms with van der Waals surface area (Å²) in [6, 6.07) is 4.30. The Kier molecular flexibility index (Phi) is 8.97. The Morgan fingerprint density at radius 3 is 2.84 bits per heavy atom. The standard InChI is InChI=1S/C13H18BrFN2O.ClH/c1-2-3-12(16)13(18)17-7-6-9-8-10(14)4-5-11(9)15;/h4-5,8,12H,2-3,6-7,16H2,1H3,(H,17,18);1H. The fraction of sp³-hybridized carbons (Fsp3) is 0.462. The number of carbonyl (C=O) groups is 1. The van der Waals surface area contributed by atoms with E-state index in [1.807, 2.05) is 6.92 Å². The molecule has 0 heterocycles. The first-order valence-corrected chi connectivity index (χ1v) is 6.81. The van der Waals surface area contributed by atoms with Gasteiger partial charge in [0.1, 0.15) is 5.82 Å². The molecule has 0 fully saturated rings. The van der Waals surface area contributed by atoms with Crippen LogP contribution in [0.5, 0.6) is 0 Å². The Morgan fingerprint density at radius 1 is 1.53 bits per heavy atom. The minimum atomic E-state index is -0.470. The zero-order valence-electron chi connectivity index (χ0n) is 10.8. The van der Waals surface area contributed by atoms with Gasteiger partial charge in [-0.3, -0.25) is 4.79 Å². The Hall–Kier alpha value is -0.650. The number of benzene rings is 1. The summed E-state index contributed by atoms with van der Waals surface area (Å²) in [7, 11) is 0. The van der Waals surface area contributed by atoms with E-state index >= 15 is 0 Å². The van der Waals surface area contributed by atoms with Crippen molar-refractivity contribution in [2.24, 2.45) is 5.73 Å². The van der Waals surface area contributed by atoms with Crippen molar-refractivity contribution in [3.05, 3.63) is 34.1 Å². The van der Waals surface area contributed by atoms with Crippen molar-refractivity contribution in [1.29, 1.82) is 0 Å². The van der Waals surface area contributed by atoms with Gasteiger partial charge in [0.05, 0.1) is 6.04 Å². The number of carbonyl (C=O) groups excluding carboxylic acids is 1. The third kappa shape index (κ3) is 6.36. The summed E-state index contributed by atoms with van der Waals surface area (Å²) in [5.41, 5.74) is 6.25. The predicted molar refractivity (Wildman–Crippen MR) is 80.9 cm³/mol. The van der Waals surface area contributed by atoms with Crippen LogP contribution in [0.25, 0.3) is 0 Å². The first kappa shape index (κ1) is 18.4. The molecule has 0 aromatic heterocycles. The predicted octanol–water partition coefficient (Wildman–Crippen LogP) is 2.80. The highest BCUT2D eigenvalue weighted by Gasteiger charge is 2.11. The van der Waals surface area contributed by atoms with Gasteiger partial charge in [-0.2, -0.15) is 0 Å². The molecule has 108 valence electrons. The number of nitrogens with two attached hydrogens (primary N) is 1. The van der Waals surface area contributed by atoms with Gasteiger partial charge in [0.2, 0.25) is 5.91 Å². The lowest BCUT2D eigenvalue weighted by atomic mass is 10.1. The monoisotopic (exact) mass is 352 g/mol. The van der Waals surface area contributed by atoms with E-state index in [2.05, 4.69) is 21.2 Å². The van der Waals surface area contributed by atoms with Crippen LogP contribution in [-0.2, 0) is 11.2 Å². The van der Waals surface area contributed by atoms with Crippen LogP contribution in [0.15, 0.2) is 22.7 Å². The molecule has 0 aliphatic heterocycles. The van der Waals surface area contributed by atoms with Gasteiger partial charge in [-0.05, 0) is 36.6 Å².